The minimum Gasteiger partial charge on any atom is -0.468 e. The van der Waals surface area contributed by atoms with Crippen LogP contribution in [-0.4, -0.2) is 37.1 Å². The lowest BCUT2D eigenvalue weighted by molar-refractivity contribution is -0.139. The van der Waals surface area contributed by atoms with Crippen LogP contribution in [0.5, 0.6) is 0 Å². The van der Waals surface area contributed by atoms with E-state index in [0.29, 0.717) is 11.6 Å². The first kappa shape index (κ1) is 16.6. The second-order valence-electron chi connectivity index (χ2n) is 5.31. The van der Waals surface area contributed by atoms with Gasteiger partial charge in [-0.05, 0) is 24.5 Å². The quantitative estimate of drug-likeness (QED) is 0.869. The number of benzene rings is 1. The van der Waals surface area contributed by atoms with Crippen molar-refractivity contribution in [1.29, 1.82) is 0 Å². The summed E-state index contributed by atoms with van der Waals surface area (Å²) in [6, 6.07) is 7.29. The Morgan fingerprint density at radius 1 is 1.32 bits per heavy atom. The van der Waals surface area contributed by atoms with Gasteiger partial charge in [0.25, 0.3) is 0 Å². The molecule has 0 unspecified atom stereocenters. The second-order valence-corrected chi connectivity index (χ2v) is 5.72. The number of nitrogens with zero attached hydrogens (tertiary/aromatic N) is 1. The smallest absolute Gasteiger partial charge is 0.325 e. The molecule has 1 heterocycles. The topological polar surface area (TPSA) is 58.6 Å². The number of methoxy groups -OCH3 is 1. The molecular formula is C16H21ClN2O3. The van der Waals surface area contributed by atoms with E-state index in [2.05, 4.69) is 10.1 Å². The summed E-state index contributed by atoms with van der Waals surface area (Å²) in [5.41, 5.74) is 0.958. The molecule has 1 atom stereocenters. The molecule has 0 spiro atoms. The van der Waals surface area contributed by atoms with Crippen LogP contribution in [0.15, 0.2) is 24.3 Å². The van der Waals surface area contributed by atoms with Crippen molar-refractivity contribution < 1.29 is 14.3 Å². The summed E-state index contributed by atoms with van der Waals surface area (Å²) in [7, 11) is 1.30. The van der Waals surface area contributed by atoms with Crippen LogP contribution in [0.1, 0.15) is 37.3 Å². The molecule has 0 aliphatic carbocycles. The third-order valence-electron chi connectivity index (χ3n) is 3.89. The maximum atomic E-state index is 12.4. The Morgan fingerprint density at radius 2 is 2.09 bits per heavy atom. The average molecular weight is 325 g/mol. The molecule has 1 N–H and O–H groups in total. The Bertz CT molecular complexity index is 536. The van der Waals surface area contributed by atoms with Crippen molar-refractivity contribution in [2.24, 2.45) is 0 Å². The fourth-order valence-corrected chi connectivity index (χ4v) is 3.00. The van der Waals surface area contributed by atoms with Gasteiger partial charge in [0.15, 0.2) is 0 Å². The zero-order chi connectivity index (χ0) is 15.9. The number of ether oxygens (including phenoxy) is 1. The fraction of sp³-hybridized carbons (Fsp3) is 0.500. The number of halogens is 1. The number of carbonyl (C=O) groups excluding carboxylic acids is 2. The highest BCUT2D eigenvalue weighted by Gasteiger charge is 2.28. The van der Waals surface area contributed by atoms with E-state index in [0.717, 1.165) is 31.2 Å². The van der Waals surface area contributed by atoms with Crippen molar-refractivity contribution >= 4 is 23.6 Å². The van der Waals surface area contributed by atoms with Gasteiger partial charge in [-0.25, -0.2) is 4.79 Å². The Morgan fingerprint density at radius 3 is 2.82 bits per heavy atom. The molecule has 1 aromatic carbocycles. The number of carbonyl (C=O) groups is 2. The fourth-order valence-electron chi connectivity index (χ4n) is 2.74. The van der Waals surface area contributed by atoms with Crippen LogP contribution in [0, 0.1) is 0 Å². The van der Waals surface area contributed by atoms with Gasteiger partial charge in [0.2, 0.25) is 0 Å². The van der Waals surface area contributed by atoms with Crippen molar-refractivity contribution in [3.05, 3.63) is 34.9 Å². The summed E-state index contributed by atoms with van der Waals surface area (Å²) in [5.74, 6) is -0.461. The lowest BCUT2D eigenvalue weighted by Crippen LogP contribution is -2.44. The number of hydrogen-bond donors (Lipinski definition) is 1. The standard InChI is InChI=1S/C16H21ClN2O3/c1-22-15(20)11-18-16(21)19-10-6-2-3-9-14(19)12-7-4-5-8-13(12)17/h4-5,7-8,14H,2-3,6,9-11H2,1H3,(H,18,21)/t14-/m1/s1. The SMILES string of the molecule is COC(=O)CNC(=O)N1CCCCC[C@@H]1c1ccccc1Cl. The molecule has 22 heavy (non-hydrogen) atoms. The predicted molar refractivity (Wildman–Crippen MR) is 84.8 cm³/mol. The minimum atomic E-state index is -0.461. The second kappa shape index (κ2) is 8.03. The number of rotatable bonds is 3. The number of nitrogens with one attached hydrogen (secondary N) is 1. The number of likely N-dealkylation sites (tertiary alicyclic amines) is 1. The van der Waals surface area contributed by atoms with E-state index in [-0.39, 0.29) is 18.6 Å². The van der Waals surface area contributed by atoms with Gasteiger partial charge in [0.05, 0.1) is 13.2 Å². The van der Waals surface area contributed by atoms with Crippen LogP contribution in [-0.2, 0) is 9.53 Å². The Labute approximate surface area is 135 Å². The number of urea groups is 1. The summed E-state index contributed by atoms with van der Waals surface area (Å²) in [5, 5.41) is 3.29. The molecule has 0 radical (unpaired) electrons. The summed E-state index contributed by atoms with van der Waals surface area (Å²) >= 11 is 6.30. The number of hydrogen-bond acceptors (Lipinski definition) is 3. The van der Waals surface area contributed by atoms with Crippen LogP contribution < -0.4 is 5.32 Å². The van der Waals surface area contributed by atoms with Crippen LogP contribution in [0.2, 0.25) is 5.02 Å². The Hall–Kier alpha value is -1.75. The molecular weight excluding hydrogens is 304 g/mol. The summed E-state index contributed by atoms with van der Waals surface area (Å²) < 4.78 is 4.55. The van der Waals surface area contributed by atoms with E-state index in [1.54, 1.807) is 4.90 Å². The van der Waals surface area contributed by atoms with E-state index < -0.39 is 5.97 Å². The molecule has 5 nitrogen and oxygen atoms in total. The molecule has 0 bridgehead atoms. The van der Waals surface area contributed by atoms with Gasteiger partial charge in [-0.1, -0.05) is 42.6 Å². The maximum Gasteiger partial charge on any atom is 0.325 e. The van der Waals surface area contributed by atoms with E-state index in [9.17, 15) is 9.59 Å². The normalized spacial score (nSPS) is 18.5. The van der Waals surface area contributed by atoms with Gasteiger partial charge < -0.3 is 15.0 Å². The molecule has 2 amide bonds. The summed E-state index contributed by atoms with van der Waals surface area (Å²) in [4.78, 5) is 25.4. The molecule has 1 aromatic rings. The van der Waals surface area contributed by atoms with Crippen molar-refractivity contribution in [3.63, 3.8) is 0 Å². The third-order valence-corrected chi connectivity index (χ3v) is 4.23. The maximum absolute atomic E-state index is 12.4. The van der Waals surface area contributed by atoms with Gasteiger partial charge in [-0.15, -0.1) is 0 Å². The Balaban J connectivity index is 2.15. The Kier molecular flexibility index (Phi) is 6.07. The lowest BCUT2D eigenvalue weighted by atomic mass is 10.0. The monoisotopic (exact) mass is 324 g/mol. The van der Waals surface area contributed by atoms with Gasteiger partial charge in [-0.3, -0.25) is 4.79 Å². The third kappa shape index (κ3) is 4.13. The summed E-state index contributed by atoms with van der Waals surface area (Å²) in [6.07, 6.45) is 3.96. The first-order valence-corrected chi connectivity index (χ1v) is 7.87. The highest BCUT2D eigenvalue weighted by Crippen LogP contribution is 2.34. The molecule has 0 saturated carbocycles. The molecule has 120 valence electrons. The van der Waals surface area contributed by atoms with Gasteiger partial charge in [0, 0.05) is 11.6 Å². The zero-order valence-corrected chi connectivity index (χ0v) is 13.4. The van der Waals surface area contributed by atoms with E-state index >= 15 is 0 Å². The molecule has 1 aliphatic rings. The predicted octanol–water partition coefficient (Wildman–Crippen LogP) is 3.14. The van der Waals surface area contributed by atoms with Crippen molar-refractivity contribution in [2.45, 2.75) is 31.7 Å². The van der Waals surface area contributed by atoms with Crippen LogP contribution in [0.25, 0.3) is 0 Å². The van der Waals surface area contributed by atoms with E-state index in [1.807, 2.05) is 24.3 Å². The van der Waals surface area contributed by atoms with Gasteiger partial charge >= 0.3 is 12.0 Å². The summed E-state index contributed by atoms with van der Waals surface area (Å²) in [6.45, 7) is 0.532. The van der Waals surface area contributed by atoms with E-state index in [4.69, 9.17) is 11.6 Å². The highest BCUT2D eigenvalue weighted by atomic mass is 35.5. The first-order chi connectivity index (χ1) is 10.6. The van der Waals surface area contributed by atoms with Crippen LogP contribution in [0.3, 0.4) is 0 Å². The van der Waals surface area contributed by atoms with Gasteiger partial charge in [-0.2, -0.15) is 0 Å². The minimum absolute atomic E-state index is 0.0613. The van der Waals surface area contributed by atoms with Crippen molar-refractivity contribution in [1.82, 2.24) is 10.2 Å². The van der Waals surface area contributed by atoms with Crippen LogP contribution >= 0.6 is 11.6 Å². The van der Waals surface area contributed by atoms with Crippen molar-refractivity contribution in [2.75, 3.05) is 20.2 Å². The molecule has 2 rings (SSSR count). The lowest BCUT2D eigenvalue weighted by Gasteiger charge is -2.31. The molecule has 0 aromatic heterocycles. The average Bonchev–Trinajstić information content (AvgIpc) is 2.78. The molecule has 6 heteroatoms. The zero-order valence-electron chi connectivity index (χ0n) is 12.7. The van der Waals surface area contributed by atoms with Crippen molar-refractivity contribution in [3.8, 4) is 0 Å². The molecule has 1 aliphatic heterocycles. The number of amides is 2. The number of esters is 1. The van der Waals surface area contributed by atoms with Crippen LogP contribution in [0.4, 0.5) is 4.79 Å². The van der Waals surface area contributed by atoms with E-state index in [1.165, 1.54) is 7.11 Å². The largest absolute Gasteiger partial charge is 0.468 e. The van der Waals surface area contributed by atoms with Gasteiger partial charge in [0.1, 0.15) is 6.54 Å². The molecule has 1 fully saturated rings. The highest BCUT2D eigenvalue weighted by molar-refractivity contribution is 6.31. The first-order valence-electron chi connectivity index (χ1n) is 7.49. The molecule has 1 saturated heterocycles.